The average molecular weight is 261 g/mol. The van der Waals surface area contributed by atoms with Gasteiger partial charge in [0, 0.05) is 18.8 Å². The van der Waals surface area contributed by atoms with Crippen molar-refractivity contribution in [1.29, 1.82) is 0 Å². The summed E-state index contributed by atoms with van der Waals surface area (Å²) >= 11 is 0. The lowest BCUT2D eigenvalue weighted by Crippen LogP contribution is -2.40. The van der Waals surface area contributed by atoms with Crippen LogP contribution in [0.5, 0.6) is 0 Å². The van der Waals surface area contributed by atoms with Gasteiger partial charge in [0.2, 0.25) is 0 Å². The number of carbonyl (C=O) groups is 1. The van der Waals surface area contributed by atoms with Gasteiger partial charge >= 0.3 is 0 Å². The Kier molecular flexibility index (Phi) is 4.77. The minimum Gasteiger partial charge on any atom is -0.369 e. The molecule has 1 fully saturated rings. The average Bonchev–Trinajstić information content (AvgIpc) is 2.34. The first-order valence-corrected chi connectivity index (χ1v) is 7.22. The van der Waals surface area contributed by atoms with Gasteiger partial charge in [0.1, 0.15) is 5.82 Å². The van der Waals surface area contributed by atoms with E-state index >= 15 is 0 Å². The molecule has 1 saturated carbocycles. The fourth-order valence-electron chi connectivity index (χ4n) is 2.32. The summed E-state index contributed by atoms with van der Waals surface area (Å²) in [7, 11) is 0. The molecule has 0 spiro atoms. The van der Waals surface area contributed by atoms with E-state index in [1.54, 1.807) is 12.3 Å². The Balaban J connectivity index is 2.00. The van der Waals surface area contributed by atoms with E-state index in [-0.39, 0.29) is 11.9 Å². The molecule has 1 unspecified atom stereocenters. The first kappa shape index (κ1) is 13.8. The van der Waals surface area contributed by atoms with Gasteiger partial charge in [-0.2, -0.15) is 0 Å². The maximum atomic E-state index is 12.3. The second-order valence-corrected chi connectivity index (χ2v) is 5.28. The minimum atomic E-state index is -0.0221. The molecule has 2 rings (SSSR count). The van der Waals surface area contributed by atoms with E-state index in [9.17, 15) is 4.79 Å². The first-order chi connectivity index (χ1) is 9.22. The Morgan fingerprint density at radius 1 is 1.53 bits per heavy atom. The summed E-state index contributed by atoms with van der Waals surface area (Å²) in [4.78, 5) is 16.5. The molecular formula is C15H23N3O. The molecule has 4 nitrogen and oxygen atoms in total. The van der Waals surface area contributed by atoms with Crippen molar-refractivity contribution in [3.8, 4) is 0 Å². The summed E-state index contributed by atoms with van der Waals surface area (Å²) in [5.41, 5.74) is 0.641. The van der Waals surface area contributed by atoms with Crippen molar-refractivity contribution in [2.24, 2.45) is 5.92 Å². The first-order valence-electron chi connectivity index (χ1n) is 7.22. The van der Waals surface area contributed by atoms with Gasteiger partial charge in [0.05, 0.1) is 5.56 Å². The van der Waals surface area contributed by atoms with E-state index in [0.717, 1.165) is 13.0 Å². The van der Waals surface area contributed by atoms with Crippen LogP contribution in [0, 0.1) is 5.92 Å². The fourth-order valence-corrected chi connectivity index (χ4v) is 2.32. The fraction of sp³-hybridized carbons (Fsp3) is 0.600. The topological polar surface area (TPSA) is 54.0 Å². The zero-order valence-corrected chi connectivity index (χ0v) is 11.8. The van der Waals surface area contributed by atoms with Crippen LogP contribution in [0.4, 0.5) is 5.82 Å². The zero-order valence-electron chi connectivity index (χ0n) is 11.8. The van der Waals surface area contributed by atoms with Gasteiger partial charge in [-0.15, -0.1) is 0 Å². The van der Waals surface area contributed by atoms with Crippen LogP contribution < -0.4 is 10.6 Å². The van der Waals surface area contributed by atoms with Crippen molar-refractivity contribution in [2.45, 2.75) is 45.6 Å². The molecule has 4 heteroatoms. The Morgan fingerprint density at radius 3 is 2.95 bits per heavy atom. The molecule has 2 N–H and O–H groups in total. The zero-order chi connectivity index (χ0) is 13.7. The molecule has 1 heterocycles. The van der Waals surface area contributed by atoms with E-state index in [2.05, 4.69) is 29.5 Å². The lowest BCUT2D eigenvalue weighted by molar-refractivity contribution is 0.0910. The number of nitrogens with zero attached hydrogens (tertiary/aromatic N) is 1. The lowest BCUT2D eigenvalue weighted by atomic mass is 9.80. The molecular weight excluding hydrogens is 238 g/mol. The molecule has 0 aliphatic heterocycles. The maximum Gasteiger partial charge on any atom is 0.255 e. The molecule has 0 aromatic carbocycles. The third-order valence-corrected chi connectivity index (χ3v) is 3.81. The van der Waals surface area contributed by atoms with Gasteiger partial charge in [0.25, 0.3) is 5.91 Å². The summed E-state index contributed by atoms with van der Waals surface area (Å²) in [6.45, 7) is 5.01. The molecule has 0 saturated heterocycles. The van der Waals surface area contributed by atoms with Crippen molar-refractivity contribution in [3.05, 3.63) is 23.9 Å². The number of amides is 1. The van der Waals surface area contributed by atoms with Crippen molar-refractivity contribution in [3.63, 3.8) is 0 Å². The SMILES string of the molecule is CCCNc1ncccc1C(=O)NC(C)C1CCC1. The highest BCUT2D eigenvalue weighted by atomic mass is 16.1. The number of carbonyl (C=O) groups excluding carboxylic acids is 1. The number of pyridine rings is 1. The Hall–Kier alpha value is -1.58. The Morgan fingerprint density at radius 2 is 2.32 bits per heavy atom. The van der Waals surface area contributed by atoms with E-state index in [1.807, 2.05) is 6.07 Å². The number of rotatable bonds is 6. The van der Waals surface area contributed by atoms with Crippen molar-refractivity contribution in [2.75, 3.05) is 11.9 Å². The third-order valence-electron chi connectivity index (χ3n) is 3.81. The number of aromatic nitrogens is 1. The van der Waals surface area contributed by atoms with Crippen LogP contribution in [0.25, 0.3) is 0 Å². The second-order valence-electron chi connectivity index (χ2n) is 5.28. The van der Waals surface area contributed by atoms with Gasteiger partial charge in [-0.3, -0.25) is 4.79 Å². The van der Waals surface area contributed by atoms with Crippen LogP contribution in [-0.2, 0) is 0 Å². The standard InChI is InChI=1S/C15H23N3O/c1-3-9-16-14-13(8-5-10-17-14)15(19)18-11(2)12-6-4-7-12/h5,8,10-12H,3-4,6-7,9H2,1-2H3,(H,16,17)(H,18,19). The lowest BCUT2D eigenvalue weighted by Gasteiger charge is -2.32. The van der Waals surface area contributed by atoms with Gasteiger partial charge < -0.3 is 10.6 Å². The van der Waals surface area contributed by atoms with Crippen LogP contribution in [0.1, 0.15) is 49.9 Å². The van der Waals surface area contributed by atoms with Crippen LogP contribution >= 0.6 is 0 Å². The molecule has 1 aliphatic rings. The summed E-state index contributed by atoms with van der Waals surface area (Å²) in [5, 5.41) is 6.30. The van der Waals surface area contributed by atoms with Gasteiger partial charge in [0.15, 0.2) is 0 Å². The number of nitrogens with one attached hydrogen (secondary N) is 2. The highest BCUT2D eigenvalue weighted by molar-refractivity contribution is 5.98. The molecule has 1 aromatic heterocycles. The summed E-state index contributed by atoms with van der Waals surface area (Å²) < 4.78 is 0. The van der Waals surface area contributed by atoms with Crippen LogP contribution in [0.2, 0.25) is 0 Å². The van der Waals surface area contributed by atoms with Crippen molar-refractivity contribution < 1.29 is 4.79 Å². The Labute approximate surface area is 115 Å². The summed E-state index contributed by atoms with van der Waals surface area (Å²) in [6, 6.07) is 3.88. The number of hydrogen-bond donors (Lipinski definition) is 2. The molecule has 1 aliphatic carbocycles. The molecule has 1 atom stereocenters. The summed E-state index contributed by atoms with van der Waals surface area (Å²) in [5.74, 6) is 1.31. The number of anilines is 1. The predicted molar refractivity (Wildman–Crippen MR) is 77.3 cm³/mol. The minimum absolute atomic E-state index is 0.0221. The highest BCUT2D eigenvalue weighted by Crippen LogP contribution is 2.29. The number of hydrogen-bond acceptors (Lipinski definition) is 3. The monoisotopic (exact) mass is 261 g/mol. The molecule has 0 bridgehead atoms. The van der Waals surface area contributed by atoms with Gasteiger partial charge in [-0.1, -0.05) is 13.3 Å². The third kappa shape index (κ3) is 3.46. The van der Waals surface area contributed by atoms with Crippen molar-refractivity contribution in [1.82, 2.24) is 10.3 Å². The van der Waals surface area contributed by atoms with E-state index in [1.165, 1.54) is 19.3 Å². The second kappa shape index (κ2) is 6.55. The van der Waals surface area contributed by atoms with Crippen LogP contribution in [0.3, 0.4) is 0 Å². The molecule has 19 heavy (non-hydrogen) atoms. The predicted octanol–water partition coefficient (Wildman–Crippen LogP) is 2.82. The summed E-state index contributed by atoms with van der Waals surface area (Å²) in [6.07, 6.45) is 6.48. The van der Waals surface area contributed by atoms with Crippen molar-refractivity contribution >= 4 is 11.7 Å². The van der Waals surface area contributed by atoms with Gasteiger partial charge in [-0.25, -0.2) is 4.98 Å². The van der Waals surface area contributed by atoms with E-state index in [0.29, 0.717) is 17.3 Å². The molecule has 1 aromatic rings. The molecule has 1 amide bonds. The smallest absolute Gasteiger partial charge is 0.255 e. The maximum absolute atomic E-state index is 12.3. The quantitative estimate of drug-likeness (QED) is 0.828. The van der Waals surface area contributed by atoms with Gasteiger partial charge in [-0.05, 0) is 44.2 Å². The largest absolute Gasteiger partial charge is 0.369 e. The normalized spacial score (nSPS) is 16.5. The Bertz CT molecular complexity index is 429. The van der Waals surface area contributed by atoms with E-state index < -0.39 is 0 Å². The highest BCUT2D eigenvalue weighted by Gasteiger charge is 2.25. The van der Waals surface area contributed by atoms with E-state index in [4.69, 9.17) is 0 Å². The van der Waals surface area contributed by atoms with Crippen LogP contribution in [0.15, 0.2) is 18.3 Å². The van der Waals surface area contributed by atoms with Crippen LogP contribution in [-0.4, -0.2) is 23.5 Å². The molecule has 104 valence electrons. The molecule has 0 radical (unpaired) electrons.